The summed E-state index contributed by atoms with van der Waals surface area (Å²) in [5.41, 5.74) is 8.04. The van der Waals surface area contributed by atoms with Crippen molar-refractivity contribution >= 4 is 43.6 Å². The van der Waals surface area contributed by atoms with E-state index in [0.717, 1.165) is 18.4 Å². The van der Waals surface area contributed by atoms with Gasteiger partial charge in [0.1, 0.15) is 0 Å². The zero-order valence-electron chi connectivity index (χ0n) is 19.7. The first kappa shape index (κ1) is 20.6. The first-order valence-corrected chi connectivity index (χ1v) is 12.3. The Bertz CT molecular complexity index is 1950. The van der Waals surface area contributed by atoms with Gasteiger partial charge in [0.15, 0.2) is 0 Å². The molecule has 0 radical (unpaired) electrons. The maximum absolute atomic E-state index is 9.41. The molecular formula is C33H23N3. The minimum absolute atomic E-state index is 0.700. The third-order valence-corrected chi connectivity index (χ3v) is 7.28. The van der Waals surface area contributed by atoms with E-state index in [-0.39, 0.29) is 0 Å². The number of nitrogens with zero attached hydrogens (tertiary/aromatic N) is 3. The molecule has 0 saturated carbocycles. The molecule has 0 atom stereocenters. The standard InChI is InChI=1S/C33H23N3/c34-22-24-15-16-31-28(21-24)26-10-4-6-12-30(26)35(31)19-18-23-14-17-33-29(20-23)27-11-5-7-13-32(27)36(33)25-8-2-1-3-9-25/h1-17,20-21H,18-19H2. The van der Waals surface area contributed by atoms with Crippen LogP contribution in [0.5, 0.6) is 0 Å². The molecule has 0 saturated heterocycles. The molecule has 3 heteroatoms. The number of para-hydroxylation sites is 3. The quantitative estimate of drug-likeness (QED) is 0.261. The topological polar surface area (TPSA) is 33.6 Å². The average Bonchev–Trinajstić information content (AvgIpc) is 3.44. The molecular weight excluding hydrogens is 438 g/mol. The van der Waals surface area contributed by atoms with Crippen molar-refractivity contribution in [3.05, 3.63) is 126 Å². The lowest BCUT2D eigenvalue weighted by atomic mass is 10.1. The van der Waals surface area contributed by atoms with E-state index in [1.54, 1.807) is 0 Å². The molecule has 0 unspecified atom stereocenters. The normalized spacial score (nSPS) is 11.5. The summed E-state index contributed by atoms with van der Waals surface area (Å²) in [6, 6.07) is 42.9. The summed E-state index contributed by atoms with van der Waals surface area (Å²) in [7, 11) is 0. The van der Waals surface area contributed by atoms with E-state index in [9.17, 15) is 5.26 Å². The number of nitriles is 1. The summed E-state index contributed by atoms with van der Waals surface area (Å²) >= 11 is 0. The Hall–Kier alpha value is -4.81. The molecule has 7 aromatic rings. The van der Waals surface area contributed by atoms with Crippen molar-refractivity contribution in [3.63, 3.8) is 0 Å². The minimum Gasteiger partial charge on any atom is -0.340 e. The van der Waals surface area contributed by atoms with Crippen LogP contribution in [0.1, 0.15) is 11.1 Å². The van der Waals surface area contributed by atoms with Gasteiger partial charge in [-0.2, -0.15) is 5.26 Å². The lowest BCUT2D eigenvalue weighted by Crippen LogP contribution is -2.01. The number of hydrogen-bond donors (Lipinski definition) is 0. The second-order valence-corrected chi connectivity index (χ2v) is 9.30. The fraction of sp³-hybridized carbons (Fsp3) is 0.0606. The summed E-state index contributed by atoms with van der Waals surface area (Å²) in [5, 5.41) is 14.3. The molecule has 0 spiro atoms. The number of rotatable bonds is 4. The van der Waals surface area contributed by atoms with Crippen LogP contribution in [0.15, 0.2) is 115 Å². The van der Waals surface area contributed by atoms with Gasteiger partial charge in [0.25, 0.3) is 0 Å². The van der Waals surface area contributed by atoms with Gasteiger partial charge in [0, 0.05) is 44.8 Å². The molecule has 0 N–H and O–H groups in total. The number of hydrogen-bond acceptors (Lipinski definition) is 1. The highest BCUT2D eigenvalue weighted by atomic mass is 15.0. The van der Waals surface area contributed by atoms with E-state index in [2.05, 4.69) is 118 Å². The van der Waals surface area contributed by atoms with E-state index >= 15 is 0 Å². The van der Waals surface area contributed by atoms with Crippen LogP contribution in [-0.2, 0) is 13.0 Å². The number of benzene rings is 5. The van der Waals surface area contributed by atoms with Crippen LogP contribution in [0, 0.1) is 11.3 Å². The Morgan fingerprint density at radius 3 is 1.97 bits per heavy atom. The molecule has 170 valence electrons. The number of fused-ring (bicyclic) bond motifs is 6. The Morgan fingerprint density at radius 1 is 0.556 bits per heavy atom. The minimum atomic E-state index is 0.700. The SMILES string of the molecule is N#Cc1ccc2c(c1)c1ccccc1n2CCc1ccc2c(c1)c1ccccc1n2-c1ccccc1. The van der Waals surface area contributed by atoms with Crippen molar-refractivity contribution in [2.24, 2.45) is 0 Å². The average molecular weight is 462 g/mol. The van der Waals surface area contributed by atoms with Crippen LogP contribution in [-0.4, -0.2) is 9.13 Å². The van der Waals surface area contributed by atoms with Crippen molar-refractivity contribution in [1.29, 1.82) is 5.26 Å². The summed E-state index contributed by atoms with van der Waals surface area (Å²) in [5.74, 6) is 0. The predicted octanol–water partition coefficient (Wildman–Crippen LogP) is 8.01. The van der Waals surface area contributed by atoms with Gasteiger partial charge in [-0.05, 0) is 66.6 Å². The van der Waals surface area contributed by atoms with E-state index in [4.69, 9.17) is 0 Å². The maximum Gasteiger partial charge on any atom is 0.0991 e. The van der Waals surface area contributed by atoms with E-state index in [1.807, 2.05) is 12.1 Å². The van der Waals surface area contributed by atoms with Crippen molar-refractivity contribution in [3.8, 4) is 11.8 Å². The summed E-state index contributed by atoms with van der Waals surface area (Å²) in [6.45, 7) is 0.874. The van der Waals surface area contributed by atoms with Gasteiger partial charge >= 0.3 is 0 Å². The molecule has 3 nitrogen and oxygen atoms in total. The Balaban J connectivity index is 1.33. The van der Waals surface area contributed by atoms with Crippen molar-refractivity contribution in [1.82, 2.24) is 9.13 Å². The van der Waals surface area contributed by atoms with Gasteiger partial charge in [-0.1, -0.05) is 60.7 Å². The van der Waals surface area contributed by atoms with Gasteiger partial charge < -0.3 is 9.13 Å². The number of aryl methyl sites for hydroxylation is 2. The van der Waals surface area contributed by atoms with Crippen molar-refractivity contribution in [2.45, 2.75) is 13.0 Å². The van der Waals surface area contributed by atoms with Gasteiger partial charge in [0.2, 0.25) is 0 Å². The molecule has 0 fully saturated rings. The Morgan fingerprint density at radius 2 is 1.17 bits per heavy atom. The molecule has 0 aliphatic rings. The predicted molar refractivity (Wildman–Crippen MR) is 149 cm³/mol. The highest BCUT2D eigenvalue weighted by Crippen LogP contribution is 2.33. The molecule has 2 heterocycles. The van der Waals surface area contributed by atoms with Crippen LogP contribution in [0.25, 0.3) is 49.3 Å². The van der Waals surface area contributed by atoms with Gasteiger partial charge in [-0.3, -0.25) is 0 Å². The molecule has 7 rings (SSSR count). The lowest BCUT2D eigenvalue weighted by Gasteiger charge is -2.09. The molecule has 2 aromatic heterocycles. The van der Waals surface area contributed by atoms with E-state index in [1.165, 1.54) is 49.5 Å². The second-order valence-electron chi connectivity index (χ2n) is 9.30. The lowest BCUT2D eigenvalue weighted by molar-refractivity contribution is 0.745. The Labute approximate surface area is 209 Å². The third-order valence-electron chi connectivity index (χ3n) is 7.28. The van der Waals surface area contributed by atoms with Crippen molar-refractivity contribution in [2.75, 3.05) is 0 Å². The zero-order chi connectivity index (χ0) is 24.1. The largest absolute Gasteiger partial charge is 0.340 e. The highest BCUT2D eigenvalue weighted by molar-refractivity contribution is 6.10. The number of aromatic nitrogens is 2. The summed E-state index contributed by atoms with van der Waals surface area (Å²) in [6.07, 6.45) is 0.925. The second kappa shape index (κ2) is 8.15. The van der Waals surface area contributed by atoms with Crippen LogP contribution >= 0.6 is 0 Å². The smallest absolute Gasteiger partial charge is 0.0991 e. The van der Waals surface area contributed by atoms with E-state index < -0.39 is 0 Å². The van der Waals surface area contributed by atoms with Crippen LogP contribution in [0.4, 0.5) is 0 Å². The summed E-state index contributed by atoms with van der Waals surface area (Å²) < 4.78 is 4.75. The monoisotopic (exact) mass is 461 g/mol. The highest BCUT2D eigenvalue weighted by Gasteiger charge is 2.14. The van der Waals surface area contributed by atoms with Gasteiger partial charge in [-0.15, -0.1) is 0 Å². The summed E-state index contributed by atoms with van der Waals surface area (Å²) in [4.78, 5) is 0. The van der Waals surface area contributed by atoms with Gasteiger partial charge in [0.05, 0.1) is 22.7 Å². The molecule has 5 aromatic carbocycles. The van der Waals surface area contributed by atoms with E-state index in [0.29, 0.717) is 5.56 Å². The molecule has 36 heavy (non-hydrogen) atoms. The maximum atomic E-state index is 9.41. The molecule has 0 aliphatic heterocycles. The zero-order valence-corrected chi connectivity index (χ0v) is 19.7. The molecule has 0 bridgehead atoms. The Kier molecular flexibility index (Phi) is 4.65. The van der Waals surface area contributed by atoms with Crippen LogP contribution in [0.3, 0.4) is 0 Å². The molecule has 0 amide bonds. The van der Waals surface area contributed by atoms with Crippen LogP contribution < -0.4 is 0 Å². The first-order chi connectivity index (χ1) is 17.8. The fourth-order valence-electron chi connectivity index (χ4n) is 5.64. The van der Waals surface area contributed by atoms with Gasteiger partial charge in [-0.25, -0.2) is 0 Å². The van der Waals surface area contributed by atoms with Crippen molar-refractivity contribution < 1.29 is 0 Å². The third kappa shape index (κ3) is 3.12. The molecule has 0 aliphatic carbocycles. The van der Waals surface area contributed by atoms with Crippen LogP contribution in [0.2, 0.25) is 0 Å². The first-order valence-electron chi connectivity index (χ1n) is 12.3. The fourth-order valence-corrected chi connectivity index (χ4v) is 5.64.